The summed E-state index contributed by atoms with van der Waals surface area (Å²) in [6.07, 6.45) is 0. The van der Waals surface area contributed by atoms with Gasteiger partial charge in [0.1, 0.15) is 0 Å². The molecule has 0 spiro atoms. The standard InChI is InChI=1S/Mg.Nb.O.Pb.Ti.4H. The van der Waals surface area contributed by atoms with Gasteiger partial charge in [0.2, 0.25) is 0 Å². The van der Waals surface area contributed by atoms with Crippen molar-refractivity contribution >= 4 is 50.4 Å². The SMILES string of the molecule is [MgH2].[Nb].[O]=[Ti].[PbH2]. The second-order valence-electron chi connectivity index (χ2n) is 0. The molecule has 25 valence electrons. The van der Waals surface area contributed by atoms with Gasteiger partial charge in [-0.05, 0) is 0 Å². The van der Waals surface area contributed by atoms with Gasteiger partial charge >= 0.3 is 74.1 Å². The molecular weight excluding hydrogens is 388 g/mol. The van der Waals surface area contributed by atoms with Crippen molar-refractivity contribution in [3.8, 4) is 0 Å². The molecular formula is H4MgNbOPbTi. The second kappa shape index (κ2) is 28.3. The first kappa shape index (κ1) is 24.6. The molecule has 0 rings (SSSR count). The van der Waals surface area contributed by atoms with E-state index in [4.69, 9.17) is 3.32 Å². The molecule has 0 aliphatic rings. The van der Waals surface area contributed by atoms with Gasteiger partial charge in [-0.3, -0.25) is 0 Å². The topological polar surface area (TPSA) is 17.1 Å². The molecule has 0 saturated carbocycles. The van der Waals surface area contributed by atoms with Crippen LogP contribution in [0.1, 0.15) is 0 Å². The number of hydrogen-bond donors (Lipinski definition) is 0. The van der Waals surface area contributed by atoms with E-state index >= 15 is 0 Å². The first-order valence-corrected chi connectivity index (χ1v) is 0.842. The molecule has 0 aromatic carbocycles. The van der Waals surface area contributed by atoms with Crippen molar-refractivity contribution in [2.45, 2.75) is 0 Å². The Hall–Kier alpha value is 2.94. The van der Waals surface area contributed by atoms with E-state index in [2.05, 4.69) is 0 Å². The summed E-state index contributed by atoms with van der Waals surface area (Å²) in [5.74, 6) is 0. The van der Waals surface area contributed by atoms with Crippen LogP contribution in [0, 0.1) is 0 Å². The van der Waals surface area contributed by atoms with Crippen LogP contribution in [0.3, 0.4) is 0 Å². The Balaban J connectivity index is -0.00000000167. The molecule has 0 aliphatic carbocycles. The Morgan fingerprint density at radius 2 is 1.20 bits per heavy atom. The van der Waals surface area contributed by atoms with Crippen molar-refractivity contribution in [3.63, 3.8) is 0 Å². The van der Waals surface area contributed by atoms with Crippen LogP contribution in [0.4, 0.5) is 0 Å². The molecule has 0 amide bonds. The van der Waals surface area contributed by atoms with Crippen LogP contribution in [0.25, 0.3) is 0 Å². The third-order valence-corrected chi connectivity index (χ3v) is 0. The summed E-state index contributed by atoms with van der Waals surface area (Å²) in [5.41, 5.74) is 0. The maximum atomic E-state index is 8.25. The van der Waals surface area contributed by atoms with E-state index in [0.717, 1.165) is 20.4 Å². The zero-order valence-corrected chi connectivity index (χ0v) is 11.3. The van der Waals surface area contributed by atoms with Gasteiger partial charge in [-0.25, -0.2) is 0 Å². The van der Waals surface area contributed by atoms with Crippen LogP contribution in [0.2, 0.25) is 0 Å². The first-order chi connectivity index (χ1) is 1.00. The van der Waals surface area contributed by atoms with Gasteiger partial charge in [-0.1, -0.05) is 0 Å². The average molecular weight is 392 g/mol. The van der Waals surface area contributed by atoms with Crippen molar-refractivity contribution in [1.29, 1.82) is 0 Å². The predicted molar refractivity (Wildman–Crippen MR) is 17.8 cm³/mol. The van der Waals surface area contributed by atoms with E-state index in [0.29, 0.717) is 0 Å². The molecule has 0 heterocycles. The van der Waals surface area contributed by atoms with Gasteiger partial charge in [0, 0.05) is 22.4 Å². The van der Waals surface area contributed by atoms with E-state index in [9.17, 15) is 0 Å². The predicted octanol–water partition coefficient (Wildman–Crippen LogP) is -1.96. The van der Waals surface area contributed by atoms with Crippen molar-refractivity contribution in [3.05, 3.63) is 0 Å². The summed E-state index contributed by atoms with van der Waals surface area (Å²) in [6, 6.07) is 0. The molecule has 0 unspecified atom stereocenters. The zero-order chi connectivity index (χ0) is 2.00. The summed E-state index contributed by atoms with van der Waals surface area (Å²) in [5, 5.41) is 0. The van der Waals surface area contributed by atoms with Gasteiger partial charge in [0.15, 0.2) is 0 Å². The quantitative estimate of drug-likeness (QED) is 0.438. The van der Waals surface area contributed by atoms with E-state index in [1.165, 1.54) is 0 Å². The minimum atomic E-state index is 0. The molecule has 0 atom stereocenters. The summed E-state index contributed by atoms with van der Waals surface area (Å²) in [7, 11) is 0. The van der Waals surface area contributed by atoms with E-state index in [1.54, 1.807) is 0 Å². The first-order valence-electron chi connectivity index (χ1n) is 0.204. The third kappa shape index (κ3) is 19.6. The second-order valence-corrected chi connectivity index (χ2v) is 0. The van der Waals surface area contributed by atoms with Crippen molar-refractivity contribution in [1.82, 2.24) is 0 Å². The van der Waals surface area contributed by atoms with Crippen LogP contribution in [0.15, 0.2) is 0 Å². The Morgan fingerprint density at radius 3 is 1.20 bits per heavy atom. The minimum absolute atomic E-state index is 0. The van der Waals surface area contributed by atoms with Crippen molar-refractivity contribution < 1.29 is 46.1 Å². The molecule has 0 aromatic heterocycles. The van der Waals surface area contributed by atoms with E-state index in [1.807, 2.05) is 0 Å². The normalized spacial score (nSPS) is 0.600. The zero-order valence-electron chi connectivity index (χ0n) is 2.06. The van der Waals surface area contributed by atoms with Gasteiger partial charge in [-0.15, -0.1) is 0 Å². The number of hydrogen-bond acceptors (Lipinski definition) is 1. The summed E-state index contributed by atoms with van der Waals surface area (Å²) >= 11 is 0.750. The van der Waals surface area contributed by atoms with Crippen LogP contribution in [-0.4, -0.2) is 50.4 Å². The molecule has 0 aromatic rings. The molecule has 0 N–H and O–H groups in total. The average Bonchev–Trinajstić information content (AvgIpc) is 1.00. The molecule has 5 heteroatoms. The molecule has 0 bridgehead atoms. The Bertz CT molecular complexity index is 11.6. The van der Waals surface area contributed by atoms with Crippen LogP contribution >= 0.6 is 0 Å². The molecule has 3 radical (unpaired) electrons. The number of rotatable bonds is 0. The third-order valence-electron chi connectivity index (χ3n) is 0. The summed E-state index contributed by atoms with van der Waals surface area (Å²) in [4.78, 5) is 0. The monoisotopic (exact) mass is 393 g/mol. The van der Waals surface area contributed by atoms with Gasteiger partial charge in [-0.2, -0.15) is 0 Å². The summed E-state index contributed by atoms with van der Waals surface area (Å²) < 4.78 is 8.25. The van der Waals surface area contributed by atoms with Gasteiger partial charge in [0.25, 0.3) is 0 Å². The Kier molecular flexibility index (Phi) is 139. The summed E-state index contributed by atoms with van der Waals surface area (Å²) in [6.45, 7) is 0. The van der Waals surface area contributed by atoms with Crippen LogP contribution in [-0.2, 0) is 46.1 Å². The fourth-order valence-corrected chi connectivity index (χ4v) is 0. The van der Waals surface area contributed by atoms with E-state index < -0.39 is 0 Å². The van der Waals surface area contributed by atoms with Crippen LogP contribution in [0.5, 0.6) is 0 Å². The van der Waals surface area contributed by atoms with Crippen molar-refractivity contribution in [2.75, 3.05) is 0 Å². The fourth-order valence-electron chi connectivity index (χ4n) is 0. The molecule has 1 nitrogen and oxygen atoms in total. The fraction of sp³-hybridized carbons (Fsp3) is 0. The maximum absolute atomic E-state index is 8.25. The molecule has 5 heavy (non-hydrogen) atoms. The van der Waals surface area contributed by atoms with Gasteiger partial charge in [0.05, 0.1) is 0 Å². The van der Waals surface area contributed by atoms with Gasteiger partial charge < -0.3 is 0 Å². The Morgan fingerprint density at radius 1 is 1.20 bits per heavy atom. The van der Waals surface area contributed by atoms with E-state index in [-0.39, 0.29) is 72.7 Å². The molecule has 0 aliphatic heterocycles. The Labute approximate surface area is 94.6 Å². The molecule has 0 fully saturated rings. The molecule has 0 saturated heterocycles. The van der Waals surface area contributed by atoms with Crippen molar-refractivity contribution in [2.24, 2.45) is 0 Å². The van der Waals surface area contributed by atoms with Crippen LogP contribution < -0.4 is 0 Å².